The molecule has 2 N–H and O–H groups in total. The molecule has 310 valence electrons. The predicted octanol–water partition coefficient (Wildman–Crippen LogP) is 2.30. The Morgan fingerprint density at radius 1 is 0.481 bits per heavy atom. The van der Waals surface area contributed by atoms with Crippen LogP contribution in [0.5, 0.6) is 0 Å². The third kappa shape index (κ3) is 16.4. The molecule has 2 fully saturated rings. The Kier molecular flexibility index (Phi) is 21.5. The van der Waals surface area contributed by atoms with Gasteiger partial charge in [0, 0.05) is 23.0 Å². The van der Waals surface area contributed by atoms with Crippen molar-refractivity contribution in [1.29, 1.82) is 0 Å². The van der Waals surface area contributed by atoms with Crippen molar-refractivity contribution in [3.8, 4) is 0 Å². The van der Waals surface area contributed by atoms with Gasteiger partial charge in [-0.25, -0.2) is 9.59 Å². The van der Waals surface area contributed by atoms with Gasteiger partial charge >= 0.3 is 36.2 Å². The van der Waals surface area contributed by atoms with Gasteiger partial charge in [0.15, 0.2) is 0 Å². The topological polar surface area (TPSA) is 235 Å². The van der Waals surface area contributed by atoms with Gasteiger partial charge in [0.05, 0.1) is 50.5 Å². The van der Waals surface area contributed by atoms with E-state index in [4.69, 9.17) is 47.4 Å². The fourth-order valence-corrected chi connectivity index (χ4v) is 10.4. The van der Waals surface area contributed by atoms with E-state index in [1.807, 2.05) is 13.8 Å². The van der Waals surface area contributed by atoms with Gasteiger partial charge in [0.2, 0.25) is 0 Å². The van der Waals surface area contributed by atoms with Gasteiger partial charge < -0.3 is 57.6 Å². The Labute approximate surface area is 329 Å². The van der Waals surface area contributed by atoms with Gasteiger partial charge in [-0.1, -0.05) is 43.2 Å². The van der Waals surface area contributed by atoms with E-state index >= 15 is 0 Å². The number of carbonyl (C=O) groups excluding carboxylic acids is 6. The first kappa shape index (κ1) is 47.8. The van der Waals surface area contributed by atoms with Crippen LogP contribution in [-0.2, 0) is 66.5 Å². The third-order valence-electron chi connectivity index (χ3n) is 7.73. The van der Waals surface area contributed by atoms with Crippen LogP contribution in [0.1, 0.15) is 27.7 Å². The SMILES string of the molecule is CC(CO)(COC(=O)OCCOCCOCCOC(=O)OCC(C)(CO)C(=O)OCCOC(=O)C1(C)CSSC1)C(=O)OCCOC(=O)C1(C)CSSC1. The van der Waals surface area contributed by atoms with Gasteiger partial charge in [0.1, 0.15) is 63.7 Å². The summed E-state index contributed by atoms with van der Waals surface area (Å²) >= 11 is 0. The average Bonchev–Trinajstić information content (AvgIpc) is 3.82. The molecule has 0 aromatic carbocycles. The number of rotatable bonds is 25. The zero-order chi connectivity index (χ0) is 40.1. The summed E-state index contributed by atoms with van der Waals surface area (Å²) in [6.45, 7) is 2.98. The second-order valence-corrected chi connectivity index (χ2v) is 18.1. The lowest BCUT2D eigenvalue weighted by molar-refractivity contribution is -0.166. The van der Waals surface area contributed by atoms with Crippen LogP contribution < -0.4 is 0 Å². The Morgan fingerprint density at radius 2 is 0.778 bits per heavy atom. The smallest absolute Gasteiger partial charge is 0.462 e. The summed E-state index contributed by atoms with van der Waals surface area (Å²) in [7, 11) is 6.35. The highest BCUT2D eigenvalue weighted by molar-refractivity contribution is 8.77. The molecule has 2 saturated heterocycles. The lowest BCUT2D eigenvalue weighted by atomic mass is 9.93. The lowest BCUT2D eigenvalue weighted by Gasteiger charge is -2.24. The standard InChI is InChI=1S/C32H50O18S4/c1-29(15-33,23(35)43-11-13-45-25(37)31(3)19-51-52-20-31)17-49-27(39)47-9-7-41-5-6-42-8-10-48-28(40)50-18-30(2,16-34)24(36)44-12-14-46-26(38)32(4)21-53-54-22-32/h33-34H,5-22H2,1-4H3. The van der Waals surface area contributed by atoms with Crippen LogP contribution in [0.4, 0.5) is 9.59 Å². The molecule has 2 heterocycles. The highest BCUT2D eigenvalue weighted by Crippen LogP contribution is 2.44. The Bertz CT molecular complexity index is 1140. The van der Waals surface area contributed by atoms with E-state index in [2.05, 4.69) is 0 Å². The molecule has 18 nitrogen and oxygen atoms in total. The van der Waals surface area contributed by atoms with E-state index in [0.717, 1.165) is 0 Å². The molecule has 0 spiro atoms. The maximum atomic E-state index is 12.5. The van der Waals surface area contributed by atoms with Crippen molar-refractivity contribution in [1.82, 2.24) is 0 Å². The van der Waals surface area contributed by atoms with Crippen LogP contribution in [0.3, 0.4) is 0 Å². The highest BCUT2D eigenvalue weighted by Gasteiger charge is 2.41. The molecule has 2 atom stereocenters. The van der Waals surface area contributed by atoms with Gasteiger partial charge in [-0.05, 0) is 27.7 Å². The van der Waals surface area contributed by atoms with Crippen molar-refractivity contribution in [2.45, 2.75) is 27.7 Å². The molecular formula is C32H50O18S4. The second kappa shape index (κ2) is 24.3. The fraction of sp³-hybridized carbons (Fsp3) is 0.812. The van der Waals surface area contributed by atoms with Gasteiger partial charge in [-0.15, -0.1) is 0 Å². The van der Waals surface area contributed by atoms with Crippen LogP contribution in [0.15, 0.2) is 0 Å². The van der Waals surface area contributed by atoms with E-state index < -0.39 is 72.3 Å². The minimum Gasteiger partial charge on any atom is -0.462 e. The van der Waals surface area contributed by atoms with Crippen LogP contribution >= 0.6 is 43.2 Å². The molecule has 2 unspecified atom stereocenters. The monoisotopic (exact) mass is 850 g/mol. The normalized spacial score (nSPS) is 18.0. The summed E-state index contributed by atoms with van der Waals surface area (Å²) in [5.74, 6) is 0.0836. The Morgan fingerprint density at radius 3 is 1.11 bits per heavy atom. The van der Waals surface area contributed by atoms with Crippen molar-refractivity contribution < 1.29 is 86.3 Å². The van der Waals surface area contributed by atoms with E-state index in [-0.39, 0.29) is 78.0 Å². The number of aliphatic hydroxyl groups excluding tert-OH is 2. The van der Waals surface area contributed by atoms with Crippen molar-refractivity contribution in [2.24, 2.45) is 21.7 Å². The van der Waals surface area contributed by atoms with E-state index in [1.54, 1.807) is 43.2 Å². The molecule has 0 saturated carbocycles. The molecule has 22 heteroatoms. The minimum absolute atomic E-state index is 0.00907. The van der Waals surface area contributed by atoms with Crippen molar-refractivity contribution in [3.63, 3.8) is 0 Å². The number of esters is 4. The average molecular weight is 851 g/mol. The molecule has 0 amide bonds. The van der Waals surface area contributed by atoms with Crippen molar-refractivity contribution in [3.05, 3.63) is 0 Å². The largest absolute Gasteiger partial charge is 0.508 e. The predicted molar refractivity (Wildman–Crippen MR) is 197 cm³/mol. The summed E-state index contributed by atoms with van der Waals surface area (Å²) in [6, 6.07) is 0. The zero-order valence-corrected chi connectivity index (χ0v) is 34.1. The van der Waals surface area contributed by atoms with Crippen LogP contribution in [-0.4, -0.2) is 162 Å². The quantitative estimate of drug-likeness (QED) is 0.0580. The van der Waals surface area contributed by atoms with Crippen LogP contribution in [0.25, 0.3) is 0 Å². The van der Waals surface area contributed by atoms with Crippen LogP contribution in [0.2, 0.25) is 0 Å². The van der Waals surface area contributed by atoms with E-state index in [0.29, 0.717) is 23.0 Å². The molecule has 2 aliphatic rings. The Balaban J connectivity index is 1.47. The summed E-state index contributed by atoms with van der Waals surface area (Å²) < 4.78 is 50.8. The minimum atomic E-state index is -1.57. The van der Waals surface area contributed by atoms with E-state index in [1.165, 1.54) is 13.8 Å². The maximum Gasteiger partial charge on any atom is 0.508 e. The molecule has 0 aromatic rings. The molecule has 54 heavy (non-hydrogen) atoms. The van der Waals surface area contributed by atoms with E-state index in [9.17, 15) is 39.0 Å². The first-order chi connectivity index (χ1) is 25.6. The number of ether oxygens (including phenoxy) is 10. The summed E-state index contributed by atoms with van der Waals surface area (Å²) in [6.07, 6.45) is -2.19. The zero-order valence-electron chi connectivity index (χ0n) is 30.8. The molecule has 0 aromatic heterocycles. The van der Waals surface area contributed by atoms with Crippen molar-refractivity contribution >= 4 is 79.4 Å². The lowest BCUT2D eigenvalue weighted by Crippen LogP contribution is -2.39. The fourth-order valence-electron chi connectivity index (χ4n) is 3.79. The number of hydrogen-bond donors (Lipinski definition) is 2. The number of aliphatic hydroxyl groups is 2. The van der Waals surface area contributed by atoms with Crippen molar-refractivity contribution in [2.75, 3.05) is 116 Å². The second-order valence-electron chi connectivity index (χ2n) is 13.2. The van der Waals surface area contributed by atoms with Crippen LogP contribution in [0, 0.1) is 21.7 Å². The third-order valence-corrected chi connectivity index (χ3v) is 13.5. The summed E-state index contributed by atoms with van der Waals surface area (Å²) in [5.41, 5.74) is -4.32. The molecular weight excluding hydrogens is 801 g/mol. The summed E-state index contributed by atoms with van der Waals surface area (Å²) in [4.78, 5) is 73.2. The maximum absolute atomic E-state index is 12.5. The summed E-state index contributed by atoms with van der Waals surface area (Å²) in [5, 5.41) is 19.4. The number of hydrogen-bond acceptors (Lipinski definition) is 22. The first-order valence-corrected chi connectivity index (χ1v) is 21.7. The number of carbonyl (C=O) groups is 6. The Hall–Kier alpha value is -2.34. The van der Waals surface area contributed by atoms with Gasteiger partial charge in [-0.3, -0.25) is 19.2 Å². The first-order valence-electron chi connectivity index (χ1n) is 16.8. The molecule has 0 aliphatic carbocycles. The molecule has 2 aliphatic heterocycles. The molecule has 2 rings (SSSR count). The molecule has 0 radical (unpaired) electrons. The van der Waals surface area contributed by atoms with Gasteiger partial charge in [-0.2, -0.15) is 0 Å². The molecule has 0 bridgehead atoms. The highest BCUT2D eigenvalue weighted by atomic mass is 33.1. The van der Waals surface area contributed by atoms with Gasteiger partial charge in [0.25, 0.3) is 0 Å².